The minimum Gasteiger partial charge on any atom is -0.444 e. The molecule has 0 saturated carbocycles. The fraction of sp³-hybridized carbons (Fsp3) is 0.500. The zero-order chi connectivity index (χ0) is 24.7. The smallest absolute Gasteiger partial charge is 0.410 e. The van der Waals surface area contributed by atoms with Crippen molar-refractivity contribution in [3.05, 3.63) is 54.0 Å². The Hall–Kier alpha value is -3.00. The second-order valence-electron chi connectivity index (χ2n) is 9.79. The summed E-state index contributed by atoms with van der Waals surface area (Å²) in [6.45, 7) is 8.93. The molecule has 2 amide bonds. The van der Waals surface area contributed by atoms with Gasteiger partial charge in [0.2, 0.25) is 0 Å². The van der Waals surface area contributed by atoms with Crippen LogP contribution in [0.1, 0.15) is 50.4 Å². The van der Waals surface area contributed by atoms with Crippen molar-refractivity contribution in [3.8, 4) is 11.3 Å². The van der Waals surface area contributed by atoms with E-state index < -0.39 is 5.60 Å². The van der Waals surface area contributed by atoms with Crippen LogP contribution in [0, 0.1) is 5.82 Å². The van der Waals surface area contributed by atoms with E-state index >= 15 is 0 Å². The molecule has 1 aliphatic rings. The highest BCUT2D eigenvalue weighted by Crippen LogP contribution is 2.18. The van der Waals surface area contributed by atoms with Gasteiger partial charge in [-0.2, -0.15) is 0 Å². The van der Waals surface area contributed by atoms with E-state index in [0.717, 1.165) is 38.9 Å². The van der Waals surface area contributed by atoms with Crippen molar-refractivity contribution in [2.45, 2.75) is 51.7 Å². The summed E-state index contributed by atoms with van der Waals surface area (Å²) in [6, 6.07) is 9.81. The summed E-state index contributed by atoms with van der Waals surface area (Å²) < 4.78 is 18.8. The first kappa shape index (κ1) is 25.6. The molecule has 0 unspecified atom stereocenters. The predicted molar refractivity (Wildman–Crippen MR) is 130 cm³/mol. The van der Waals surface area contributed by atoms with Gasteiger partial charge in [0.05, 0.1) is 11.3 Å². The lowest BCUT2D eigenvalue weighted by atomic mass is 10.0. The number of carbonyl (C=O) groups is 2. The molecule has 7 nitrogen and oxygen atoms in total. The molecule has 184 valence electrons. The van der Waals surface area contributed by atoms with Crippen molar-refractivity contribution in [1.29, 1.82) is 0 Å². The van der Waals surface area contributed by atoms with Gasteiger partial charge in [-0.1, -0.05) is 12.1 Å². The van der Waals surface area contributed by atoms with Gasteiger partial charge >= 0.3 is 6.09 Å². The summed E-state index contributed by atoms with van der Waals surface area (Å²) in [5.41, 5.74) is 1.31. The summed E-state index contributed by atoms with van der Waals surface area (Å²) in [5, 5.41) is 3.10. The van der Waals surface area contributed by atoms with Gasteiger partial charge in [-0.25, -0.2) is 9.18 Å². The molecular formula is C26H35FN4O3. The third-order valence-corrected chi connectivity index (χ3v) is 5.74. The molecule has 0 aliphatic carbocycles. The van der Waals surface area contributed by atoms with Gasteiger partial charge in [0.1, 0.15) is 11.4 Å². The lowest BCUT2D eigenvalue weighted by Gasteiger charge is -2.32. The molecule has 0 atom stereocenters. The van der Waals surface area contributed by atoms with Crippen molar-refractivity contribution >= 4 is 12.0 Å². The monoisotopic (exact) mass is 470 g/mol. The van der Waals surface area contributed by atoms with E-state index in [2.05, 4.69) is 15.2 Å². The molecule has 1 saturated heterocycles. The van der Waals surface area contributed by atoms with Crippen molar-refractivity contribution in [3.63, 3.8) is 0 Å². The fourth-order valence-corrected chi connectivity index (χ4v) is 3.88. The standard InChI is InChI=1S/C26H35FN4O3/c1-26(2,3)34-25(33)30(4)13-6-14-31-15-11-22(12-16-31)29-24(32)20-9-10-23(28-18-20)19-7-5-8-21(27)17-19/h5,7-10,17-18,22H,6,11-16H2,1-4H3,(H,29,32). The number of halogens is 1. The van der Waals surface area contributed by atoms with E-state index in [1.54, 1.807) is 36.2 Å². The van der Waals surface area contributed by atoms with Crippen LogP contribution in [0.5, 0.6) is 0 Å². The number of pyridine rings is 1. The number of rotatable bonds is 7. The van der Waals surface area contributed by atoms with E-state index in [9.17, 15) is 14.0 Å². The summed E-state index contributed by atoms with van der Waals surface area (Å²) in [6.07, 6.45) is 3.86. The van der Waals surface area contributed by atoms with Crippen LogP contribution >= 0.6 is 0 Å². The summed E-state index contributed by atoms with van der Waals surface area (Å²) >= 11 is 0. The maximum Gasteiger partial charge on any atom is 0.410 e. The summed E-state index contributed by atoms with van der Waals surface area (Å²) in [5.74, 6) is -0.460. The quantitative estimate of drug-likeness (QED) is 0.652. The number of piperidine rings is 1. The number of hydrogen-bond donors (Lipinski definition) is 1. The summed E-state index contributed by atoms with van der Waals surface area (Å²) in [4.78, 5) is 33.0. The number of nitrogens with one attached hydrogen (secondary N) is 1. The topological polar surface area (TPSA) is 74.8 Å². The van der Waals surface area contributed by atoms with Gasteiger partial charge in [0.15, 0.2) is 0 Å². The molecule has 3 rings (SSSR count). The number of nitrogens with zero attached hydrogens (tertiary/aromatic N) is 3. The first-order chi connectivity index (χ1) is 16.1. The SMILES string of the molecule is CN(CCCN1CCC(NC(=O)c2ccc(-c3cccc(F)c3)nc2)CC1)C(=O)OC(C)(C)C. The average Bonchev–Trinajstić information content (AvgIpc) is 2.79. The molecule has 2 heterocycles. The molecule has 0 spiro atoms. The van der Waals surface area contributed by atoms with E-state index in [1.807, 2.05) is 20.8 Å². The second kappa shape index (κ2) is 11.4. The Morgan fingerprint density at radius 1 is 1.21 bits per heavy atom. The largest absolute Gasteiger partial charge is 0.444 e. The van der Waals surface area contributed by atoms with Crippen LogP contribution < -0.4 is 5.32 Å². The third kappa shape index (κ3) is 7.80. The van der Waals surface area contributed by atoms with Crippen LogP contribution in [0.2, 0.25) is 0 Å². The number of likely N-dealkylation sites (tertiary alicyclic amines) is 1. The molecule has 1 aliphatic heterocycles. The Morgan fingerprint density at radius 2 is 1.94 bits per heavy atom. The fourth-order valence-electron chi connectivity index (χ4n) is 3.88. The third-order valence-electron chi connectivity index (χ3n) is 5.74. The molecule has 34 heavy (non-hydrogen) atoms. The first-order valence-electron chi connectivity index (χ1n) is 11.8. The highest BCUT2D eigenvalue weighted by Gasteiger charge is 2.22. The summed E-state index contributed by atoms with van der Waals surface area (Å²) in [7, 11) is 1.76. The Labute approximate surface area is 201 Å². The van der Waals surface area contributed by atoms with Gasteiger partial charge < -0.3 is 19.9 Å². The van der Waals surface area contributed by atoms with Gasteiger partial charge in [0.25, 0.3) is 5.91 Å². The number of hydrogen-bond acceptors (Lipinski definition) is 5. The minimum atomic E-state index is -0.489. The Bertz CT molecular complexity index is 967. The van der Waals surface area contributed by atoms with Crippen LogP contribution in [0.4, 0.5) is 9.18 Å². The van der Waals surface area contributed by atoms with Crippen molar-refractivity contribution in [2.75, 3.05) is 33.2 Å². The molecule has 8 heteroatoms. The normalized spacial score (nSPS) is 15.1. The van der Waals surface area contributed by atoms with Crippen molar-refractivity contribution in [2.24, 2.45) is 0 Å². The molecule has 1 N–H and O–H groups in total. The molecule has 1 fully saturated rings. The van der Waals surface area contributed by atoms with Crippen LogP contribution in [-0.2, 0) is 4.74 Å². The molecule has 2 aromatic rings. The van der Waals surface area contributed by atoms with Gasteiger partial charge in [-0.05, 0) is 70.8 Å². The Kier molecular flexibility index (Phi) is 8.61. The highest BCUT2D eigenvalue weighted by molar-refractivity contribution is 5.94. The Balaban J connectivity index is 1.38. The maximum absolute atomic E-state index is 13.4. The predicted octanol–water partition coefficient (Wildman–Crippen LogP) is 4.34. The van der Waals surface area contributed by atoms with Crippen LogP contribution in [0.25, 0.3) is 11.3 Å². The number of amides is 2. The van der Waals surface area contributed by atoms with Crippen LogP contribution in [-0.4, -0.2) is 71.7 Å². The minimum absolute atomic E-state index is 0.121. The number of aromatic nitrogens is 1. The number of ether oxygens (including phenoxy) is 1. The van der Waals surface area contributed by atoms with Crippen LogP contribution in [0.3, 0.4) is 0 Å². The molecular weight excluding hydrogens is 435 g/mol. The molecule has 0 radical (unpaired) electrons. The van der Waals surface area contributed by atoms with Gasteiger partial charge in [0, 0.05) is 44.5 Å². The number of carbonyl (C=O) groups excluding carboxylic acids is 2. The number of benzene rings is 1. The van der Waals surface area contributed by atoms with Crippen LogP contribution in [0.15, 0.2) is 42.6 Å². The molecule has 1 aromatic heterocycles. The second-order valence-corrected chi connectivity index (χ2v) is 9.79. The van der Waals surface area contributed by atoms with Gasteiger partial charge in [-0.3, -0.25) is 9.78 Å². The first-order valence-corrected chi connectivity index (χ1v) is 11.8. The zero-order valence-corrected chi connectivity index (χ0v) is 20.5. The molecule has 1 aromatic carbocycles. The molecule has 0 bridgehead atoms. The zero-order valence-electron chi connectivity index (χ0n) is 20.5. The highest BCUT2D eigenvalue weighted by atomic mass is 19.1. The van der Waals surface area contributed by atoms with E-state index in [0.29, 0.717) is 23.4 Å². The average molecular weight is 471 g/mol. The Morgan fingerprint density at radius 3 is 2.56 bits per heavy atom. The lowest BCUT2D eigenvalue weighted by Crippen LogP contribution is -2.45. The van der Waals surface area contributed by atoms with E-state index in [-0.39, 0.29) is 23.9 Å². The van der Waals surface area contributed by atoms with Crippen molar-refractivity contribution in [1.82, 2.24) is 20.1 Å². The lowest BCUT2D eigenvalue weighted by molar-refractivity contribution is 0.0291. The maximum atomic E-state index is 13.4. The van der Waals surface area contributed by atoms with E-state index in [1.165, 1.54) is 18.3 Å². The van der Waals surface area contributed by atoms with E-state index in [4.69, 9.17) is 4.74 Å². The van der Waals surface area contributed by atoms with Crippen molar-refractivity contribution < 1.29 is 18.7 Å². The van der Waals surface area contributed by atoms with Gasteiger partial charge in [-0.15, -0.1) is 0 Å².